The number of H-pyrrole nitrogens is 1. The highest BCUT2D eigenvalue weighted by atomic mass is 32.1. The highest BCUT2D eigenvalue weighted by molar-refractivity contribution is 7.79. The van der Waals surface area contributed by atoms with Crippen LogP contribution in [0.15, 0.2) is 24.4 Å². The predicted molar refractivity (Wildman–Crippen MR) is 73.4 cm³/mol. The maximum absolute atomic E-state index is 4.29. The Morgan fingerprint density at radius 1 is 1.18 bits per heavy atom. The summed E-state index contributed by atoms with van der Waals surface area (Å²) >= 11 is 4.22. The van der Waals surface area contributed by atoms with E-state index in [1.165, 1.54) is 42.4 Å². The molecule has 0 fully saturated rings. The summed E-state index contributed by atoms with van der Waals surface area (Å²) in [5, 5.41) is 0. The topological polar surface area (TPSA) is 28.7 Å². The minimum absolute atomic E-state index is 0.658. The zero-order chi connectivity index (χ0) is 11.7. The van der Waals surface area contributed by atoms with Gasteiger partial charge >= 0.3 is 0 Å². The maximum Gasteiger partial charge on any atom is 0.116 e. The van der Waals surface area contributed by atoms with E-state index in [0.717, 1.165) is 11.5 Å². The summed E-state index contributed by atoms with van der Waals surface area (Å²) in [6.45, 7) is 0. The Labute approximate surface area is 107 Å². The minimum atomic E-state index is 0.658. The SMILES string of the molecule is SCc1ncc(-c2ccc3c(c2)CCCC3)[nH]1. The van der Waals surface area contributed by atoms with Crippen LogP contribution in [0.5, 0.6) is 0 Å². The molecule has 0 spiro atoms. The molecule has 88 valence electrons. The molecule has 1 aromatic heterocycles. The quantitative estimate of drug-likeness (QED) is 0.779. The lowest BCUT2D eigenvalue weighted by Crippen LogP contribution is -2.02. The van der Waals surface area contributed by atoms with Crippen molar-refractivity contribution >= 4 is 12.6 Å². The van der Waals surface area contributed by atoms with Crippen molar-refractivity contribution in [3.63, 3.8) is 0 Å². The number of hydrogen-bond acceptors (Lipinski definition) is 2. The van der Waals surface area contributed by atoms with Crippen LogP contribution in [0.2, 0.25) is 0 Å². The Kier molecular flexibility index (Phi) is 2.93. The minimum Gasteiger partial charge on any atom is -0.341 e. The average Bonchev–Trinajstić information content (AvgIpc) is 2.87. The molecule has 0 saturated carbocycles. The number of aromatic amines is 1. The van der Waals surface area contributed by atoms with Crippen LogP contribution in [0.3, 0.4) is 0 Å². The second-order valence-electron chi connectivity index (χ2n) is 4.59. The van der Waals surface area contributed by atoms with Crippen LogP contribution in [0, 0.1) is 0 Å². The molecule has 0 unspecified atom stereocenters. The van der Waals surface area contributed by atoms with Gasteiger partial charge in [-0.15, -0.1) is 0 Å². The van der Waals surface area contributed by atoms with E-state index in [-0.39, 0.29) is 0 Å². The molecule has 0 aliphatic heterocycles. The predicted octanol–water partition coefficient (Wildman–Crippen LogP) is 3.39. The maximum atomic E-state index is 4.29. The van der Waals surface area contributed by atoms with E-state index >= 15 is 0 Å². The van der Waals surface area contributed by atoms with Crippen molar-refractivity contribution in [1.82, 2.24) is 9.97 Å². The molecule has 2 nitrogen and oxygen atoms in total. The van der Waals surface area contributed by atoms with Crippen LogP contribution in [-0.4, -0.2) is 9.97 Å². The molecular weight excluding hydrogens is 228 g/mol. The molecule has 0 bridgehead atoms. The smallest absolute Gasteiger partial charge is 0.116 e. The van der Waals surface area contributed by atoms with Crippen molar-refractivity contribution in [3.05, 3.63) is 41.3 Å². The number of fused-ring (bicyclic) bond motifs is 1. The van der Waals surface area contributed by atoms with Crippen molar-refractivity contribution in [2.75, 3.05) is 0 Å². The van der Waals surface area contributed by atoms with Crippen molar-refractivity contribution in [1.29, 1.82) is 0 Å². The zero-order valence-electron chi connectivity index (χ0n) is 9.74. The van der Waals surface area contributed by atoms with Gasteiger partial charge in [0.2, 0.25) is 0 Å². The number of hydrogen-bond donors (Lipinski definition) is 2. The number of aryl methyl sites for hydroxylation is 2. The molecule has 3 heteroatoms. The first kappa shape index (κ1) is 10.9. The first-order valence-corrected chi connectivity index (χ1v) is 6.77. The number of rotatable bonds is 2. The Balaban J connectivity index is 1.97. The Bertz CT molecular complexity index is 531. The molecule has 1 N–H and O–H groups in total. The van der Waals surface area contributed by atoms with E-state index in [9.17, 15) is 0 Å². The van der Waals surface area contributed by atoms with E-state index in [2.05, 4.69) is 40.8 Å². The Morgan fingerprint density at radius 3 is 2.76 bits per heavy atom. The number of thiol groups is 1. The van der Waals surface area contributed by atoms with E-state index in [1.54, 1.807) is 0 Å². The molecule has 0 amide bonds. The molecule has 17 heavy (non-hydrogen) atoms. The third-order valence-electron chi connectivity index (χ3n) is 3.44. The standard InChI is InChI=1S/C14H16N2S/c17-9-14-15-8-13(16-14)12-6-5-10-3-1-2-4-11(10)7-12/h5-8,17H,1-4,9H2,(H,15,16). The van der Waals surface area contributed by atoms with Gasteiger partial charge in [-0.1, -0.05) is 12.1 Å². The summed E-state index contributed by atoms with van der Waals surface area (Å²) in [5.41, 5.74) is 5.37. The normalized spacial score (nSPS) is 14.6. The van der Waals surface area contributed by atoms with Crippen LogP contribution in [0.1, 0.15) is 29.8 Å². The second kappa shape index (κ2) is 4.57. The van der Waals surface area contributed by atoms with Crippen molar-refractivity contribution < 1.29 is 0 Å². The fourth-order valence-electron chi connectivity index (χ4n) is 2.49. The summed E-state index contributed by atoms with van der Waals surface area (Å²) < 4.78 is 0. The van der Waals surface area contributed by atoms with Crippen LogP contribution in [-0.2, 0) is 18.6 Å². The summed E-state index contributed by atoms with van der Waals surface area (Å²) in [5.74, 6) is 1.59. The first-order valence-electron chi connectivity index (χ1n) is 6.14. The molecule has 1 aliphatic rings. The summed E-state index contributed by atoms with van der Waals surface area (Å²) in [6, 6.07) is 6.77. The van der Waals surface area contributed by atoms with Crippen LogP contribution in [0.4, 0.5) is 0 Å². The van der Waals surface area contributed by atoms with Gasteiger partial charge in [-0.05, 0) is 48.4 Å². The number of benzene rings is 1. The molecule has 2 aromatic rings. The van der Waals surface area contributed by atoms with Crippen molar-refractivity contribution in [3.8, 4) is 11.3 Å². The molecular formula is C14H16N2S. The summed E-state index contributed by atoms with van der Waals surface area (Å²) in [7, 11) is 0. The van der Waals surface area contributed by atoms with Crippen molar-refractivity contribution in [2.24, 2.45) is 0 Å². The van der Waals surface area contributed by atoms with E-state index in [0.29, 0.717) is 5.75 Å². The lowest BCUT2D eigenvalue weighted by molar-refractivity contribution is 0.686. The lowest BCUT2D eigenvalue weighted by Gasteiger charge is -2.16. The average molecular weight is 244 g/mol. The van der Waals surface area contributed by atoms with E-state index < -0.39 is 0 Å². The van der Waals surface area contributed by atoms with Crippen LogP contribution < -0.4 is 0 Å². The Hall–Kier alpha value is -1.22. The van der Waals surface area contributed by atoms with E-state index in [1.807, 2.05) is 6.20 Å². The van der Waals surface area contributed by atoms with Crippen LogP contribution in [0.25, 0.3) is 11.3 Å². The van der Waals surface area contributed by atoms with Gasteiger partial charge in [-0.3, -0.25) is 0 Å². The largest absolute Gasteiger partial charge is 0.341 e. The van der Waals surface area contributed by atoms with E-state index in [4.69, 9.17) is 0 Å². The molecule has 1 heterocycles. The number of aromatic nitrogens is 2. The van der Waals surface area contributed by atoms with Crippen molar-refractivity contribution in [2.45, 2.75) is 31.4 Å². The Morgan fingerprint density at radius 2 is 2.00 bits per heavy atom. The monoisotopic (exact) mass is 244 g/mol. The van der Waals surface area contributed by atoms with Gasteiger partial charge in [0, 0.05) is 5.75 Å². The second-order valence-corrected chi connectivity index (χ2v) is 4.91. The third kappa shape index (κ3) is 2.12. The fraction of sp³-hybridized carbons (Fsp3) is 0.357. The van der Waals surface area contributed by atoms with Gasteiger partial charge in [-0.25, -0.2) is 4.98 Å². The van der Waals surface area contributed by atoms with Gasteiger partial charge in [0.25, 0.3) is 0 Å². The molecule has 1 aliphatic carbocycles. The molecule has 3 rings (SSSR count). The van der Waals surface area contributed by atoms with Gasteiger partial charge in [0.15, 0.2) is 0 Å². The first-order chi connectivity index (χ1) is 8.36. The van der Waals surface area contributed by atoms with Gasteiger partial charge in [0.05, 0.1) is 11.9 Å². The third-order valence-corrected chi connectivity index (χ3v) is 3.74. The molecule has 0 radical (unpaired) electrons. The number of nitrogens with zero attached hydrogens (tertiary/aromatic N) is 1. The lowest BCUT2D eigenvalue weighted by atomic mass is 9.90. The number of imidazole rings is 1. The number of nitrogens with one attached hydrogen (secondary N) is 1. The highest BCUT2D eigenvalue weighted by Gasteiger charge is 2.10. The molecule has 0 saturated heterocycles. The van der Waals surface area contributed by atoms with Gasteiger partial charge in [-0.2, -0.15) is 12.6 Å². The van der Waals surface area contributed by atoms with Gasteiger partial charge in [0.1, 0.15) is 5.82 Å². The molecule has 0 atom stereocenters. The fourth-order valence-corrected chi connectivity index (χ4v) is 2.65. The highest BCUT2D eigenvalue weighted by Crippen LogP contribution is 2.26. The van der Waals surface area contributed by atoms with Gasteiger partial charge < -0.3 is 4.98 Å². The zero-order valence-corrected chi connectivity index (χ0v) is 10.6. The summed E-state index contributed by atoms with van der Waals surface area (Å²) in [4.78, 5) is 7.59. The van der Waals surface area contributed by atoms with Crippen LogP contribution >= 0.6 is 12.6 Å². The molecule has 1 aromatic carbocycles. The summed E-state index contributed by atoms with van der Waals surface area (Å²) in [6.07, 6.45) is 7.01.